The van der Waals surface area contributed by atoms with Crippen LogP contribution >= 0.6 is 23.2 Å². The van der Waals surface area contributed by atoms with Gasteiger partial charge in [0.05, 0.1) is 15.6 Å². The molecule has 0 bridgehead atoms. The van der Waals surface area contributed by atoms with Gasteiger partial charge in [0.25, 0.3) is 0 Å². The fourth-order valence-electron chi connectivity index (χ4n) is 1.82. The first-order valence-corrected chi connectivity index (χ1v) is 6.57. The van der Waals surface area contributed by atoms with E-state index < -0.39 is 17.4 Å². The summed E-state index contributed by atoms with van der Waals surface area (Å²) in [5, 5.41) is 0.592. The third kappa shape index (κ3) is 3.00. The van der Waals surface area contributed by atoms with Gasteiger partial charge in [0.2, 0.25) is 0 Å². The second kappa shape index (κ2) is 5.90. The number of hydrogen-bond acceptors (Lipinski definition) is 1. The lowest BCUT2D eigenvalue weighted by Crippen LogP contribution is -2.08. The van der Waals surface area contributed by atoms with E-state index in [4.69, 9.17) is 23.2 Å². The number of carbonyl (C=O) groups is 1. The highest BCUT2D eigenvalue weighted by molar-refractivity contribution is 6.42. The van der Waals surface area contributed by atoms with Crippen LogP contribution in [0.3, 0.4) is 0 Å². The average Bonchev–Trinajstić information content (AvgIpc) is 2.39. The molecule has 0 atom stereocenters. The Bertz CT molecular complexity index is 684. The van der Waals surface area contributed by atoms with E-state index in [0.717, 1.165) is 0 Å². The summed E-state index contributed by atoms with van der Waals surface area (Å²) in [5.41, 5.74) is 0.567. The van der Waals surface area contributed by atoms with Crippen molar-refractivity contribution in [3.63, 3.8) is 0 Å². The second-order valence-electron chi connectivity index (χ2n) is 4.39. The SMILES string of the molecule is Cc1cc(C(=O)Cc2cccc(Cl)c2Cl)c(F)cc1F. The minimum Gasteiger partial charge on any atom is -0.294 e. The molecule has 2 aromatic carbocycles. The molecule has 0 spiro atoms. The Hall–Kier alpha value is -1.45. The predicted octanol–water partition coefficient (Wildman–Crippen LogP) is 5.01. The Balaban J connectivity index is 2.33. The summed E-state index contributed by atoms with van der Waals surface area (Å²) in [6.45, 7) is 1.47. The molecule has 2 aromatic rings. The van der Waals surface area contributed by atoms with Gasteiger partial charge in [-0.15, -0.1) is 0 Å². The van der Waals surface area contributed by atoms with Crippen molar-refractivity contribution in [2.45, 2.75) is 13.3 Å². The van der Waals surface area contributed by atoms with Gasteiger partial charge >= 0.3 is 0 Å². The smallest absolute Gasteiger partial charge is 0.170 e. The molecular weight excluding hydrogens is 305 g/mol. The second-order valence-corrected chi connectivity index (χ2v) is 5.18. The van der Waals surface area contributed by atoms with E-state index in [-0.39, 0.29) is 22.6 Å². The van der Waals surface area contributed by atoms with E-state index in [1.165, 1.54) is 13.0 Å². The number of benzene rings is 2. The molecular formula is C15H10Cl2F2O. The fraction of sp³-hybridized carbons (Fsp3) is 0.133. The molecule has 0 aliphatic rings. The van der Waals surface area contributed by atoms with Crippen molar-refractivity contribution in [3.8, 4) is 0 Å². The molecule has 0 fully saturated rings. The first-order valence-electron chi connectivity index (χ1n) is 5.82. The van der Waals surface area contributed by atoms with Crippen LogP contribution in [-0.2, 0) is 6.42 Å². The highest BCUT2D eigenvalue weighted by atomic mass is 35.5. The molecule has 0 heterocycles. The Labute approximate surface area is 125 Å². The largest absolute Gasteiger partial charge is 0.294 e. The van der Waals surface area contributed by atoms with Crippen LogP contribution in [0.1, 0.15) is 21.5 Å². The van der Waals surface area contributed by atoms with Crippen molar-refractivity contribution in [1.82, 2.24) is 0 Å². The minimum absolute atomic E-state index is 0.0958. The maximum Gasteiger partial charge on any atom is 0.170 e. The lowest BCUT2D eigenvalue weighted by molar-refractivity contribution is 0.0989. The van der Waals surface area contributed by atoms with Crippen molar-refractivity contribution in [3.05, 3.63) is 68.7 Å². The van der Waals surface area contributed by atoms with Crippen molar-refractivity contribution in [1.29, 1.82) is 0 Å². The van der Waals surface area contributed by atoms with Gasteiger partial charge < -0.3 is 0 Å². The number of hydrogen-bond donors (Lipinski definition) is 0. The molecule has 0 saturated carbocycles. The fourth-order valence-corrected chi connectivity index (χ4v) is 2.21. The third-order valence-corrected chi connectivity index (χ3v) is 3.79. The van der Waals surface area contributed by atoms with Crippen LogP contribution in [0.5, 0.6) is 0 Å². The third-order valence-electron chi connectivity index (χ3n) is 2.93. The van der Waals surface area contributed by atoms with Gasteiger partial charge in [-0.3, -0.25) is 4.79 Å². The van der Waals surface area contributed by atoms with Gasteiger partial charge in [0, 0.05) is 12.5 Å². The molecule has 0 aliphatic carbocycles. The molecule has 0 N–H and O–H groups in total. The van der Waals surface area contributed by atoms with Gasteiger partial charge in [-0.1, -0.05) is 35.3 Å². The Morgan fingerprint density at radius 1 is 1.15 bits per heavy atom. The molecule has 2 rings (SSSR count). The van der Waals surface area contributed by atoms with Gasteiger partial charge in [0.1, 0.15) is 11.6 Å². The zero-order valence-corrected chi connectivity index (χ0v) is 12.0. The molecule has 0 radical (unpaired) electrons. The lowest BCUT2D eigenvalue weighted by atomic mass is 10.0. The molecule has 0 unspecified atom stereocenters. The monoisotopic (exact) mass is 314 g/mol. The van der Waals surface area contributed by atoms with Crippen LogP contribution in [0, 0.1) is 18.6 Å². The number of ketones is 1. The lowest BCUT2D eigenvalue weighted by Gasteiger charge is -2.07. The number of Topliss-reactive ketones (excluding diaryl/α,β-unsaturated/α-hetero) is 1. The number of rotatable bonds is 3. The maximum atomic E-state index is 13.6. The zero-order valence-electron chi connectivity index (χ0n) is 10.5. The van der Waals surface area contributed by atoms with Gasteiger partial charge in [0.15, 0.2) is 5.78 Å². The predicted molar refractivity (Wildman–Crippen MR) is 75.6 cm³/mol. The van der Waals surface area contributed by atoms with Crippen LogP contribution in [0.15, 0.2) is 30.3 Å². The molecule has 0 saturated heterocycles. The summed E-state index contributed by atoms with van der Waals surface area (Å²) in [6.07, 6.45) is -0.0958. The van der Waals surface area contributed by atoms with Crippen LogP contribution in [0.2, 0.25) is 10.0 Å². The topological polar surface area (TPSA) is 17.1 Å². The minimum atomic E-state index is -0.878. The molecule has 0 aromatic heterocycles. The number of carbonyl (C=O) groups excluding carboxylic acids is 1. The number of halogens is 4. The van der Waals surface area contributed by atoms with Crippen LogP contribution in [0.4, 0.5) is 8.78 Å². The van der Waals surface area contributed by atoms with E-state index >= 15 is 0 Å². The molecule has 1 nitrogen and oxygen atoms in total. The van der Waals surface area contributed by atoms with Crippen molar-refractivity contribution in [2.75, 3.05) is 0 Å². The zero-order chi connectivity index (χ0) is 14.9. The first-order chi connectivity index (χ1) is 9.40. The highest BCUT2D eigenvalue weighted by Gasteiger charge is 2.16. The van der Waals surface area contributed by atoms with E-state index in [1.54, 1.807) is 18.2 Å². The molecule has 5 heteroatoms. The summed E-state index contributed by atoms with van der Waals surface area (Å²) in [5.74, 6) is -2.04. The van der Waals surface area contributed by atoms with Gasteiger partial charge in [-0.25, -0.2) is 8.78 Å². The van der Waals surface area contributed by atoms with E-state index in [9.17, 15) is 13.6 Å². The van der Waals surface area contributed by atoms with Crippen LogP contribution < -0.4 is 0 Å². The summed E-state index contributed by atoms with van der Waals surface area (Å²) in [7, 11) is 0. The molecule has 104 valence electrons. The molecule has 0 aliphatic heterocycles. The van der Waals surface area contributed by atoms with Crippen molar-refractivity contribution >= 4 is 29.0 Å². The number of aryl methyl sites for hydroxylation is 1. The maximum absolute atomic E-state index is 13.6. The first kappa shape index (κ1) is 14.9. The quantitative estimate of drug-likeness (QED) is 0.728. The molecule has 20 heavy (non-hydrogen) atoms. The summed E-state index contributed by atoms with van der Waals surface area (Å²) in [6, 6.07) is 6.80. The van der Waals surface area contributed by atoms with Crippen LogP contribution in [-0.4, -0.2) is 5.78 Å². The van der Waals surface area contributed by atoms with E-state index in [0.29, 0.717) is 16.7 Å². The van der Waals surface area contributed by atoms with E-state index in [2.05, 4.69) is 0 Å². The van der Waals surface area contributed by atoms with Crippen LogP contribution in [0.25, 0.3) is 0 Å². The summed E-state index contributed by atoms with van der Waals surface area (Å²) in [4.78, 5) is 12.1. The van der Waals surface area contributed by atoms with Gasteiger partial charge in [-0.05, 0) is 30.2 Å². The standard InChI is InChI=1S/C15H10Cl2F2O/c1-8-5-10(13(19)7-12(8)18)14(20)6-9-3-2-4-11(16)15(9)17/h2-5,7H,6H2,1H3. The van der Waals surface area contributed by atoms with Crippen molar-refractivity contribution < 1.29 is 13.6 Å². The van der Waals surface area contributed by atoms with Crippen molar-refractivity contribution in [2.24, 2.45) is 0 Å². The average molecular weight is 315 g/mol. The Morgan fingerprint density at radius 3 is 2.55 bits per heavy atom. The normalized spacial score (nSPS) is 10.7. The molecule has 0 amide bonds. The summed E-state index contributed by atoms with van der Waals surface area (Å²) >= 11 is 11.8. The van der Waals surface area contributed by atoms with E-state index in [1.807, 2.05) is 0 Å². The highest BCUT2D eigenvalue weighted by Crippen LogP contribution is 2.27. The Morgan fingerprint density at radius 2 is 1.85 bits per heavy atom. The van der Waals surface area contributed by atoms with Gasteiger partial charge in [-0.2, -0.15) is 0 Å². The summed E-state index contributed by atoms with van der Waals surface area (Å²) < 4.78 is 26.8. The Kier molecular flexibility index (Phi) is 4.41.